The van der Waals surface area contributed by atoms with E-state index in [1.54, 1.807) is 6.08 Å². The van der Waals surface area contributed by atoms with Crippen LogP contribution in [0.1, 0.15) is 20.8 Å². The van der Waals surface area contributed by atoms with Crippen molar-refractivity contribution in [1.82, 2.24) is 0 Å². The van der Waals surface area contributed by atoms with E-state index >= 15 is 0 Å². The zero-order chi connectivity index (χ0) is 6.62. The van der Waals surface area contributed by atoms with Gasteiger partial charge in [0.25, 0.3) is 0 Å². The summed E-state index contributed by atoms with van der Waals surface area (Å²) in [5, 5.41) is 9.89. The molecule has 1 nitrogen and oxygen atoms in total. The van der Waals surface area contributed by atoms with Gasteiger partial charge in [0.1, 0.15) is 6.61 Å². The van der Waals surface area contributed by atoms with Gasteiger partial charge in [-0.2, -0.15) is 0 Å². The Morgan fingerprint density at radius 1 is 1.38 bits per heavy atom. The van der Waals surface area contributed by atoms with E-state index in [4.69, 9.17) is 0 Å². The Hall–Kier alpha value is -0.300. The van der Waals surface area contributed by atoms with Gasteiger partial charge in [-0.05, 0) is 5.41 Å². The molecule has 0 atom stereocenters. The largest absolute Gasteiger partial charge is 0.232 e. The monoisotopic (exact) mass is 113 g/mol. The average Bonchev–Trinajstić information content (AvgIpc) is 1.59. The van der Waals surface area contributed by atoms with E-state index in [2.05, 4.69) is 20.8 Å². The second kappa shape index (κ2) is 2.88. The Kier molecular flexibility index (Phi) is 2.77. The summed E-state index contributed by atoms with van der Waals surface area (Å²) in [6, 6.07) is 0. The van der Waals surface area contributed by atoms with Gasteiger partial charge in [-0.15, -0.1) is 0 Å². The van der Waals surface area contributed by atoms with Crippen LogP contribution >= 0.6 is 0 Å². The molecule has 0 saturated carbocycles. The fourth-order valence-corrected chi connectivity index (χ4v) is 0.402. The van der Waals surface area contributed by atoms with Crippen molar-refractivity contribution in [2.75, 3.05) is 6.61 Å². The predicted octanol–water partition coefficient (Wildman–Crippen LogP) is 2.02. The molecule has 0 aliphatic carbocycles. The van der Waals surface area contributed by atoms with Crippen molar-refractivity contribution in [3.63, 3.8) is 0 Å². The molecule has 1 radical (unpaired) electrons. The van der Waals surface area contributed by atoms with Crippen molar-refractivity contribution in [3.05, 3.63) is 12.2 Å². The lowest BCUT2D eigenvalue weighted by atomic mass is 9.97. The summed E-state index contributed by atoms with van der Waals surface area (Å²) >= 11 is 0. The van der Waals surface area contributed by atoms with Crippen LogP contribution in [0, 0.1) is 5.41 Å². The highest BCUT2D eigenvalue weighted by molar-refractivity contribution is 4.91. The molecular weight excluding hydrogens is 100 g/mol. The van der Waals surface area contributed by atoms with Gasteiger partial charge in [0.15, 0.2) is 0 Å². The summed E-state index contributed by atoms with van der Waals surface area (Å²) in [7, 11) is 0. The second-order valence-electron chi connectivity index (χ2n) is 2.94. The topological polar surface area (TPSA) is 19.9 Å². The summed E-state index contributed by atoms with van der Waals surface area (Å²) in [6.07, 6.45) is 3.58. The maximum absolute atomic E-state index is 9.89. The maximum Gasteiger partial charge on any atom is 0.100 e. The lowest BCUT2D eigenvalue weighted by Crippen LogP contribution is -1.98. The fourth-order valence-electron chi connectivity index (χ4n) is 0.402. The summed E-state index contributed by atoms with van der Waals surface area (Å²) in [5.41, 5.74) is 0.171. The van der Waals surface area contributed by atoms with Gasteiger partial charge in [-0.3, -0.25) is 0 Å². The molecule has 0 heterocycles. The van der Waals surface area contributed by atoms with Gasteiger partial charge in [0.2, 0.25) is 0 Å². The lowest BCUT2D eigenvalue weighted by molar-refractivity contribution is 0.231. The molecule has 0 bridgehead atoms. The van der Waals surface area contributed by atoms with Crippen molar-refractivity contribution >= 4 is 0 Å². The zero-order valence-corrected chi connectivity index (χ0v) is 5.77. The first-order valence-corrected chi connectivity index (χ1v) is 2.82. The lowest BCUT2D eigenvalue weighted by Gasteiger charge is -2.09. The van der Waals surface area contributed by atoms with Crippen LogP contribution in [0.5, 0.6) is 0 Å². The first-order chi connectivity index (χ1) is 3.56. The van der Waals surface area contributed by atoms with Gasteiger partial charge in [-0.1, -0.05) is 32.9 Å². The number of allylic oxidation sites excluding steroid dienone is 1. The van der Waals surface area contributed by atoms with Crippen LogP contribution in [0.25, 0.3) is 0 Å². The molecule has 0 rings (SSSR count). The van der Waals surface area contributed by atoms with Crippen molar-refractivity contribution in [3.8, 4) is 0 Å². The van der Waals surface area contributed by atoms with Crippen LogP contribution in [-0.2, 0) is 5.11 Å². The fraction of sp³-hybridized carbons (Fsp3) is 0.714. The van der Waals surface area contributed by atoms with Crippen molar-refractivity contribution in [2.45, 2.75) is 20.8 Å². The number of rotatable bonds is 1. The average molecular weight is 113 g/mol. The number of hydrogen-bond acceptors (Lipinski definition) is 0. The quantitative estimate of drug-likeness (QED) is 0.464. The molecule has 0 aromatic heterocycles. The Morgan fingerprint density at radius 3 is 2.00 bits per heavy atom. The highest BCUT2D eigenvalue weighted by Gasteiger charge is 2.01. The van der Waals surface area contributed by atoms with Gasteiger partial charge in [0.05, 0.1) is 0 Å². The van der Waals surface area contributed by atoms with Gasteiger partial charge >= 0.3 is 0 Å². The van der Waals surface area contributed by atoms with E-state index in [0.717, 1.165) is 0 Å². The molecule has 0 N–H and O–H groups in total. The predicted molar refractivity (Wildman–Crippen MR) is 34.1 cm³/mol. The van der Waals surface area contributed by atoms with Crippen molar-refractivity contribution in [2.24, 2.45) is 5.41 Å². The smallest absolute Gasteiger partial charge is 0.100 e. The molecule has 0 amide bonds. The first-order valence-electron chi connectivity index (χ1n) is 2.82. The molecular formula is C7H13O. The van der Waals surface area contributed by atoms with E-state index in [1.807, 2.05) is 6.08 Å². The molecule has 0 spiro atoms. The second-order valence-corrected chi connectivity index (χ2v) is 2.94. The van der Waals surface area contributed by atoms with Gasteiger partial charge in [0, 0.05) is 0 Å². The summed E-state index contributed by atoms with van der Waals surface area (Å²) in [4.78, 5) is 0. The summed E-state index contributed by atoms with van der Waals surface area (Å²) in [6.45, 7) is 6.11. The molecule has 0 aromatic carbocycles. The van der Waals surface area contributed by atoms with E-state index in [-0.39, 0.29) is 12.0 Å². The Balaban J connectivity index is 3.52. The van der Waals surface area contributed by atoms with Gasteiger partial charge < -0.3 is 0 Å². The third kappa shape index (κ3) is 5.70. The van der Waals surface area contributed by atoms with Crippen LogP contribution in [0.4, 0.5) is 0 Å². The molecule has 0 aliphatic rings. The van der Waals surface area contributed by atoms with E-state index in [1.165, 1.54) is 0 Å². The van der Waals surface area contributed by atoms with E-state index in [0.29, 0.717) is 0 Å². The van der Waals surface area contributed by atoms with Crippen molar-refractivity contribution < 1.29 is 5.11 Å². The van der Waals surface area contributed by atoms with Crippen molar-refractivity contribution in [1.29, 1.82) is 0 Å². The highest BCUT2D eigenvalue weighted by atomic mass is 16.2. The Labute approximate surface area is 51.0 Å². The molecule has 8 heavy (non-hydrogen) atoms. The minimum Gasteiger partial charge on any atom is -0.232 e. The van der Waals surface area contributed by atoms with Crippen LogP contribution in [0.15, 0.2) is 12.2 Å². The third-order valence-corrected chi connectivity index (χ3v) is 0.714. The minimum atomic E-state index is -0.0999. The Bertz CT molecular complexity index is 76.9. The summed E-state index contributed by atoms with van der Waals surface area (Å²) in [5.74, 6) is 0. The van der Waals surface area contributed by atoms with E-state index < -0.39 is 0 Å². The molecule has 0 aliphatic heterocycles. The standard InChI is InChI=1S/C7H13O/c1-7(2,3)5-4-6-8/h4-5H,6H2,1-3H3/b5-4+. The van der Waals surface area contributed by atoms with Crippen LogP contribution < -0.4 is 0 Å². The minimum absolute atomic E-state index is 0.0999. The molecule has 0 saturated heterocycles. The maximum atomic E-state index is 9.89. The molecule has 0 unspecified atom stereocenters. The van der Waals surface area contributed by atoms with E-state index in [9.17, 15) is 5.11 Å². The number of hydrogen-bond donors (Lipinski definition) is 0. The third-order valence-electron chi connectivity index (χ3n) is 0.714. The molecule has 47 valence electrons. The first kappa shape index (κ1) is 7.70. The SMILES string of the molecule is CC(C)(C)/C=C/C[O]. The van der Waals surface area contributed by atoms with Crippen LogP contribution in [-0.4, -0.2) is 6.61 Å². The highest BCUT2D eigenvalue weighted by Crippen LogP contribution is 2.13. The molecule has 0 aromatic rings. The van der Waals surface area contributed by atoms with Crippen LogP contribution in [0.2, 0.25) is 0 Å². The molecule has 1 heteroatoms. The van der Waals surface area contributed by atoms with Gasteiger partial charge in [-0.25, -0.2) is 5.11 Å². The summed E-state index contributed by atoms with van der Waals surface area (Å²) < 4.78 is 0. The molecule has 0 fully saturated rings. The normalized spacial score (nSPS) is 13.0. The zero-order valence-electron chi connectivity index (χ0n) is 5.77. The Morgan fingerprint density at radius 2 is 1.88 bits per heavy atom. The van der Waals surface area contributed by atoms with Crippen LogP contribution in [0.3, 0.4) is 0 Å².